The lowest BCUT2D eigenvalue weighted by Crippen LogP contribution is -2.63. The fraction of sp³-hybridized carbons (Fsp3) is 0.375. The molecule has 0 aliphatic rings. The van der Waals surface area contributed by atoms with Gasteiger partial charge in [0, 0.05) is 18.6 Å². The molecular formula is C16H19NO7. The third-order valence-electron chi connectivity index (χ3n) is 3.27. The Morgan fingerprint density at radius 2 is 1.62 bits per heavy atom. The Morgan fingerprint density at radius 3 is 2.04 bits per heavy atom. The normalized spacial score (nSPS) is 13.0. The fourth-order valence-corrected chi connectivity index (χ4v) is 1.87. The van der Waals surface area contributed by atoms with E-state index in [-0.39, 0.29) is 11.3 Å². The first-order valence-corrected chi connectivity index (χ1v) is 7.03. The Hall–Kier alpha value is -2.74. The van der Waals surface area contributed by atoms with E-state index in [4.69, 9.17) is 4.74 Å². The third kappa shape index (κ3) is 3.77. The van der Waals surface area contributed by atoms with Gasteiger partial charge in [-0.15, -0.1) is 0 Å². The van der Waals surface area contributed by atoms with E-state index in [9.17, 15) is 24.3 Å². The first kappa shape index (κ1) is 19.3. The predicted molar refractivity (Wildman–Crippen MR) is 82.2 cm³/mol. The number of carbonyl (C=O) groups is 4. The highest BCUT2D eigenvalue weighted by Crippen LogP contribution is 2.19. The van der Waals surface area contributed by atoms with E-state index in [2.05, 4.69) is 4.74 Å². The lowest BCUT2D eigenvalue weighted by atomic mass is 9.99. The molecule has 0 radical (unpaired) electrons. The number of aromatic hydroxyl groups is 1. The van der Waals surface area contributed by atoms with Crippen LogP contribution in [0.1, 0.15) is 24.2 Å². The number of methoxy groups -OCH3 is 2. The zero-order valence-corrected chi connectivity index (χ0v) is 13.8. The molecule has 1 aromatic rings. The van der Waals surface area contributed by atoms with Crippen LogP contribution >= 0.6 is 0 Å². The van der Waals surface area contributed by atoms with Crippen LogP contribution in [0.4, 0.5) is 0 Å². The number of esters is 1. The van der Waals surface area contributed by atoms with Gasteiger partial charge >= 0.3 is 11.7 Å². The van der Waals surface area contributed by atoms with Gasteiger partial charge in [0.05, 0.1) is 7.11 Å². The number of phenolic OH excluding ortho intramolecular Hbond substituents is 1. The maximum atomic E-state index is 12.7. The molecule has 2 N–H and O–H groups in total. The van der Waals surface area contributed by atoms with Crippen LogP contribution in [0.5, 0.6) is 5.75 Å². The number of hydrogen-bond acceptors (Lipinski definition) is 7. The van der Waals surface area contributed by atoms with E-state index >= 15 is 0 Å². The molecule has 1 amide bonds. The second-order valence-corrected chi connectivity index (χ2v) is 5.23. The average Bonchev–Trinajstić information content (AvgIpc) is 2.58. The molecule has 24 heavy (non-hydrogen) atoms. The van der Waals surface area contributed by atoms with Gasteiger partial charge in [0.25, 0.3) is 5.91 Å². The second kappa shape index (κ2) is 7.69. The number of phenols is 1. The van der Waals surface area contributed by atoms with Gasteiger partial charge < -0.3 is 19.9 Å². The Kier molecular flexibility index (Phi) is 6.19. The van der Waals surface area contributed by atoms with Crippen molar-refractivity contribution >= 4 is 23.4 Å². The lowest BCUT2D eigenvalue weighted by molar-refractivity contribution is -0.167. The maximum Gasteiger partial charge on any atom is 0.368 e. The van der Waals surface area contributed by atoms with E-state index in [0.29, 0.717) is 0 Å². The van der Waals surface area contributed by atoms with Crippen molar-refractivity contribution < 1.29 is 33.8 Å². The van der Waals surface area contributed by atoms with Crippen molar-refractivity contribution in [1.82, 2.24) is 5.32 Å². The number of amides is 1. The topological polar surface area (TPSA) is 119 Å². The number of ether oxygens (including phenoxy) is 2. The van der Waals surface area contributed by atoms with Crippen molar-refractivity contribution in [2.24, 2.45) is 5.92 Å². The van der Waals surface area contributed by atoms with Gasteiger partial charge in [-0.3, -0.25) is 14.4 Å². The first-order chi connectivity index (χ1) is 11.2. The highest BCUT2D eigenvalue weighted by Gasteiger charge is 2.50. The Bertz CT molecular complexity index is 651. The van der Waals surface area contributed by atoms with Crippen molar-refractivity contribution in [3.05, 3.63) is 29.8 Å². The zero-order chi connectivity index (χ0) is 18.5. The highest BCUT2D eigenvalue weighted by molar-refractivity contribution is 6.38. The summed E-state index contributed by atoms with van der Waals surface area (Å²) in [7, 11) is 2.03. The number of Topliss-reactive ketones (excluding diaryl/α,β-unsaturated/α-hetero) is 2. The minimum atomic E-state index is -2.51. The molecule has 0 spiro atoms. The molecule has 130 valence electrons. The summed E-state index contributed by atoms with van der Waals surface area (Å²) in [5.74, 6) is -4.83. The molecule has 8 heteroatoms. The smallest absolute Gasteiger partial charge is 0.368 e. The third-order valence-corrected chi connectivity index (χ3v) is 3.27. The van der Waals surface area contributed by atoms with Crippen LogP contribution in [0.25, 0.3) is 0 Å². The van der Waals surface area contributed by atoms with Crippen molar-refractivity contribution in [3.63, 3.8) is 0 Å². The van der Waals surface area contributed by atoms with Crippen molar-refractivity contribution in [2.75, 3.05) is 14.2 Å². The van der Waals surface area contributed by atoms with Gasteiger partial charge in [-0.1, -0.05) is 13.8 Å². The monoisotopic (exact) mass is 337 g/mol. The van der Waals surface area contributed by atoms with Crippen LogP contribution < -0.4 is 5.32 Å². The van der Waals surface area contributed by atoms with Gasteiger partial charge in [-0.25, -0.2) is 4.79 Å². The van der Waals surface area contributed by atoms with Gasteiger partial charge in [0.2, 0.25) is 11.6 Å². The standard InChI is InChI=1S/C16H19NO7/c1-9(2)12(19)14(21)17-16(24-4,15(22)23-3)13(20)10-5-7-11(18)8-6-10/h5-9,18H,1-4H3,(H,17,21)/t16-/m1/s1. The number of benzene rings is 1. The average molecular weight is 337 g/mol. The van der Waals surface area contributed by atoms with Gasteiger partial charge in [-0.05, 0) is 24.3 Å². The molecule has 0 unspecified atom stereocenters. The summed E-state index contributed by atoms with van der Waals surface area (Å²) >= 11 is 0. The summed E-state index contributed by atoms with van der Waals surface area (Å²) in [4.78, 5) is 48.7. The largest absolute Gasteiger partial charge is 0.508 e. The summed E-state index contributed by atoms with van der Waals surface area (Å²) in [6.45, 7) is 2.99. The number of hydrogen-bond donors (Lipinski definition) is 2. The molecule has 1 rings (SSSR count). The molecule has 0 bridgehead atoms. The Morgan fingerprint density at radius 1 is 1.08 bits per heavy atom. The number of rotatable bonds is 7. The van der Waals surface area contributed by atoms with Crippen molar-refractivity contribution in [3.8, 4) is 5.75 Å². The second-order valence-electron chi connectivity index (χ2n) is 5.23. The van der Waals surface area contributed by atoms with E-state index in [1.54, 1.807) is 0 Å². The molecule has 0 saturated carbocycles. The van der Waals surface area contributed by atoms with E-state index in [0.717, 1.165) is 14.2 Å². The molecular weight excluding hydrogens is 318 g/mol. The Balaban J connectivity index is 3.30. The maximum absolute atomic E-state index is 12.7. The molecule has 0 aliphatic heterocycles. The zero-order valence-electron chi connectivity index (χ0n) is 13.8. The summed E-state index contributed by atoms with van der Waals surface area (Å²) in [5.41, 5.74) is -2.54. The molecule has 0 aliphatic carbocycles. The SMILES string of the molecule is COC(=O)[C@](NC(=O)C(=O)C(C)C)(OC)C(=O)c1ccc(O)cc1. The lowest BCUT2D eigenvalue weighted by Gasteiger charge is -2.28. The fourth-order valence-electron chi connectivity index (χ4n) is 1.87. The van der Waals surface area contributed by atoms with E-state index in [1.165, 1.54) is 38.1 Å². The van der Waals surface area contributed by atoms with Crippen LogP contribution in [-0.4, -0.2) is 48.5 Å². The molecule has 8 nitrogen and oxygen atoms in total. The summed E-state index contributed by atoms with van der Waals surface area (Å²) < 4.78 is 9.52. The quantitative estimate of drug-likeness (QED) is 0.243. The molecule has 0 saturated heterocycles. The number of nitrogens with one attached hydrogen (secondary N) is 1. The van der Waals surface area contributed by atoms with Gasteiger partial charge in [-0.2, -0.15) is 0 Å². The molecule has 0 fully saturated rings. The van der Waals surface area contributed by atoms with Crippen molar-refractivity contribution in [1.29, 1.82) is 0 Å². The van der Waals surface area contributed by atoms with E-state index < -0.39 is 35.1 Å². The predicted octanol–water partition coefficient (Wildman–Crippen LogP) is 0.432. The molecule has 0 heterocycles. The Labute approximate surface area is 138 Å². The van der Waals surface area contributed by atoms with Crippen LogP contribution in [0.15, 0.2) is 24.3 Å². The van der Waals surface area contributed by atoms with Crippen molar-refractivity contribution in [2.45, 2.75) is 19.6 Å². The minimum Gasteiger partial charge on any atom is -0.508 e. The number of ketones is 2. The van der Waals surface area contributed by atoms with Crippen LogP contribution in [0, 0.1) is 5.92 Å². The highest BCUT2D eigenvalue weighted by atomic mass is 16.6. The van der Waals surface area contributed by atoms with E-state index in [1.807, 2.05) is 5.32 Å². The van der Waals surface area contributed by atoms with Crippen LogP contribution in [0.2, 0.25) is 0 Å². The summed E-state index contributed by atoms with van der Waals surface area (Å²) in [6.07, 6.45) is 0. The first-order valence-electron chi connectivity index (χ1n) is 7.03. The van der Waals surface area contributed by atoms with Gasteiger partial charge in [0.15, 0.2) is 0 Å². The molecule has 1 aromatic carbocycles. The van der Waals surface area contributed by atoms with Crippen LogP contribution in [0.3, 0.4) is 0 Å². The van der Waals surface area contributed by atoms with Crippen LogP contribution in [-0.2, 0) is 23.9 Å². The minimum absolute atomic E-state index is 0.0302. The van der Waals surface area contributed by atoms with Gasteiger partial charge in [0.1, 0.15) is 5.75 Å². The molecule has 0 aromatic heterocycles. The summed E-state index contributed by atoms with van der Waals surface area (Å²) in [6, 6.07) is 4.94. The number of carbonyl (C=O) groups excluding carboxylic acids is 4. The summed E-state index contributed by atoms with van der Waals surface area (Å²) in [5, 5.41) is 11.3. The molecule has 1 atom stereocenters.